The van der Waals surface area contributed by atoms with Crippen molar-refractivity contribution in [2.24, 2.45) is 0 Å². The van der Waals surface area contributed by atoms with Gasteiger partial charge in [-0.1, -0.05) is 54.6 Å². The van der Waals surface area contributed by atoms with Crippen molar-refractivity contribution in [1.82, 2.24) is 0 Å². The Morgan fingerprint density at radius 3 is 2.15 bits per heavy atom. The Hall–Kier alpha value is 0.300. The molecule has 0 radical (unpaired) electrons. The molecule has 0 aliphatic carbocycles. The van der Waals surface area contributed by atoms with Gasteiger partial charge >= 0.3 is 0 Å². The zero-order valence-corrected chi connectivity index (χ0v) is 11.1. The van der Waals surface area contributed by atoms with Gasteiger partial charge in [-0.05, 0) is 25.0 Å². The second-order valence-corrected chi connectivity index (χ2v) is 7.26. The van der Waals surface area contributed by atoms with E-state index in [4.69, 9.17) is 0 Å². The fraction of sp³-hybridized carbons (Fsp3) is 0.455. The lowest BCUT2D eigenvalue weighted by atomic mass is 10.3. The van der Waals surface area contributed by atoms with Gasteiger partial charge in [-0.3, -0.25) is 0 Å². The minimum atomic E-state index is 0.374. The van der Waals surface area contributed by atoms with Gasteiger partial charge in [0.15, 0.2) is 0 Å². The van der Waals surface area contributed by atoms with Crippen molar-refractivity contribution < 1.29 is 0 Å². The average Bonchev–Trinajstić information content (AvgIpc) is 2.19. The molecular weight excluding hydrogens is 291 g/mol. The molecule has 0 aliphatic rings. The van der Waals surface area contributed by atoms with Gasteiger partial charge in [0, 0.05) is 4.90 Å². The van der Waals surface area contributed by atoms with Crippen LogP contribution in [0.3, 0.4) is 0 Å². The molecule has 0 nitrogen and oxygen atoms in total. The molecule has 0 N–H and O–H groups in total. The van der Waals surface area contributed by atoms with E-state index >= 15 is 0 Å². The van der Waals surface area contributed by atoms with Gasteiger partial charge in [0.1, 0.15) is 0 Å². The average molecular weight is 306 g/mol. The summed E-state index contributed by atoms with van der Waals surface area (Å²) in [5, 5.41) is 0. The van der Waals surface area contributed by atoms with Crippen molar-refractivity contribution in [3.05, 3.63) is 30.3 Å². The summed E-state index contributed by atoms with van der Waals surface area (Å²) in [5.74, 6) is 0. The molecule has 0 heterocycles. The highest BCUT2D eigenvalue weighted by Gasteiger charge is 2.22. The molecule has 0 unspecified atom stereocenters. The largest absolute Gasteiger partial charge is 0.109 e. The van der Waals surface area contributed by atoms with E-state index in [-0.39, 0.29) is 0 Å². The predicted octanol–water partition coefficient (Wildman–Crippen LogP) is 4.73. The highest BCUT2D eigenvalue weighted by Crippen LogP contribution is 2.43. The van der Waals surface area contributed by atoms with Gasteiger partial charge < -0.3 is 0 Å². The molecule has 0 saturated heterocycles. The lowest BCUT2D eigenvalue weighted by molar-refractivity contribution is 0.768. The molecule has 0 aromatic heterocycles. The van der Waals surface area contributed by atoms with Crippen molar-refractivity contribution in [1.29, 1.82) is 0 Å². The number of benzene rings is 1. The Morgan fingerprint density at radius 2 is 1.69 bits per heavy atom. The smallest absolute Gasteiger partial charge is 0.0714 e. The number of hydrogen-bond donors (Lipinski definition) is 0. The fourth-order valence-electron chi connectivity index (χ4n) is 1.09. The molecule has 0 amide bonds. The van der Waals surface area contributed by atoms with E-state index in [0.717, 1.165) is 0 Å². The summed E-state index contributed by atoms with van der Waals surface area (Å²) in [6, 6.07) is 10.6. The van der Waals surface area contributed by atoms with Gasteiger partial charge in [-0.25, -0.2) is 0 Å². The summed E-state index contributed by atoms with van der Waals surface area (Å²) < 4.78 is 0.374. The lowest BCUT2D eigenvalue weighted by Gasteiger charge is -2.23. The Labute approximate surface area is 98.6 Å². The van der Waals surface area contributed by atoms with Crippen LogP contribution in [-0.2, 0) is 0 Å². The molecular formula is C11H15IS. The molecule has 1 aromatic carbocycles. The molecule has 0 fully saturated rings. The van der Waals surface area contributed by atoms with Gasteiger partial charge in [-0.2, -0.15) is 0 Å². The highest BCUT2D eigenvalue weighted by atomic mass is 127. The number of thioether (sulfide) groups is 1. The minimum absolute atomic E-state index is 0.374. The summed E-state index contributed by atoms with van der Waals surface area (Å²) in [4.78, 5) is 1.38. The Balaban J connectivity index is 2.68. The van der Waals surface area contributed by atoms with Gasteiger partial charge in [-0.15, -0.1) is 11.8 Å². The van der Waals surface area contributed by atoms with E-state index in [0.29, 0.717) is 2.75 Å². The maximum Gasteiger partial charge on any atom is 0.0714 e. The molecule has 1 rings (SSSR count). The predicted molar refractivity (Wildman–Crippen MR) is 69.6 cm³/mol. The Morgan fingerprint density at radius 1 is 1.15 bits per heavy atom. The molecule has 0 aliphatic heterocycles. The first-order valence-corrected chi connectivity index (χ1v) is 6.52. The zero-order valence-electron chi connectivity index (χ0n) is 8.09. The number of hydrogen-bond acceptors (Lipinski definition) is 1. The standard InChI is InChI=1S/C11H15IS/c1-3-11(12,4-2)13-10-8-6-5-7-9-10/h5-9H,3-4H2,1-2H3. The second-order valence-electron chi connectivity index (χ2n) is 3.01. The quantitative estimate of drug-likeness (QED) is 0.440. The Kier molecular flexibility index (Phi) is 4.59. The van der Waals surface area contributed by atoms with E-state index in [1.165, 1.54) is 17.7 Å². The maximum absolute atomic E-state index is 2.57. The van der Waals surface area contributed by atoms with Crippen LogP contribution in [0.15, 0.2) is 35.2 Å². The summed E-state index contributed by atoms with van der Waals surface area (Å²) in [5.41, 5.74) is 0. The van der Waals surface area contributed by atoms with Gasteiger partial charge in [0.05, 0.1) is 2.75 Å². The van der Waals surface area contributed by atoms with E-state index < -0.39 is 0 Å². The molecule has 0 saturated carbocycles. The molecule has 72 valence electrons. The fourth-order valence-corrected chi connectivity index (χ4v) is 2.86. The second kappa shape index (κ2) is 5.25. The molecule has 13 heavy (non-hydrogen) atoms. The number of halogens is 1. The number of rotatable bonds is 4. The summed E-state index contributed by atoms with van der Waals surface area (Å²) in [6.07, 6.45) is 2.42. The first-order valence-electron chi connectivity index (χ1n) is 4.63. The zero-order chi connectivity index (χ0) is 9.73. The molecule has 0 spiro atoms. The third kappa shape index (κ3) is 3.50. The van der Waals surface area contributed by atoms with Gasteiger partial charge in [0.2, 0.25) is 0 Å². The highest BCUT2D eigenvalue weighted by molar-refractivity contribution is 14.1. The van der Waals surface area contributed by atoms with Crippen LogP contribution in [0.4, 0.5) is 0 Å². The number of alkyl halides is 1. The van der Waals surface area contributed by atoms with E-state index in [1.807, 2.05) is 11.8 Å². The van der Waals surface area contributed by atoms with Crippen LogP contribution in [0.2, 0.25) is 0 Å². The van der Waals surface area contributed by atoms with Crippen LogP contribution in [-0.4, -0.2) is 2.75 Å². The maximum atomic E-state index is 2.57. The summed E-state index contributed by atoms with van der Waals surface area (Å²) in [7, 11) is 0. The van der Waals surface area contributed by atoms with E-state index in [1.54, 1.807) is 0 Å². The first-order chi connectivity index (χ1) is 6.20. The van der Waals surface area contributed by atoms with Gasteiger partial charge in [0.25, 0.3) is 0 Å². The third-order valence-corrected chi connectivity index (χ3v) is 5.74. The molecule has 2 heteroatoms. The third-order valence-electron chi connectivity index (χ3n) is 2.10. The van der Waals surface area contributed by atoms with Crippen molar-refractivity contribution >= 4 is 34.4 Å². The van der Waals surface area contributed by atoms with Crippen LogP contribution in [0, 0.1) is 0 Å². The van der Waals surface area contributed by atoms with Crippen LogP contribution in [0.25, 0.3) is 0 Å². The van der Waals surface area contributed by atoms with Crippen LogP contribution >= 0.6 is 34.4 Å². The van der Waals surface area contributed by atoms with Crippen LogP contribution in [0.1, 0.15) is 26.7 Å². The molecule has 0 bridgehead atoms. The Bertz CT molecular complexity index is 242. The van der Waals surface area contributed by atoms with E-state index in [2.05, 4.69) is 66.8 Å². The first kappa shape index (κ1) is 11.4. The summed E-state index contributed by atoms with van der Waals surface area (Å²) in [6.45, 7) is 4.51. The minimum Gasteiger partial charge on any atom is -0.109 e. The normalized spacial score (nSPS) is 11.6. The van der Waals surface area contributed by atoms with Crippen molar-refractivity contribution in [2.45, 2.75) is 34.3 Å². The van der Waals surface area contributed by atoms with Crippen molar-refractivity contribution in [3.63, 3.8) is 0 Å². The summed E-state index contributed by atoms with van der Waals surface area (Å²) >= 11 is 4.55. The SMILES string of the molecule is CCC(I)(CC)Sc1ccccc1. The van der Waals surface area contributed by atoms with Crippen LogP contribution < -0.4 is 0 Å². The monoisotopic (exact) mass is 306 g/mol. The molecule has 1 aromatic rings. The lowest BCUT2D eigenvalue weighted by Crippen LogP contribution is -2.11. The van der Waals surface area contributed by atoms with Crippen molar-refractivity contribution in [3.8, 4) is 0 Å². The molecule has 0 atom stereocenters. The topological polar surface area (TPSA) is 0 Å². The van der Waals surface area contributed by atoms with E-state index in [9.17, 15) is 0 Å². The van der Waals surface area contributed by atoms with Crippen molar-refractivity contribution in [2.75, 3.05) is 0 Å². The van der Waals surface area contributed by atoms with Crippen LogP contribution in [0.5, 0.6) is 0 Å².